The average molecular weight is 248 g/mol. The fraction of sp³-hybridized carbons (Fsp3) is 0.500. The number of para-hydroxylation sites is 1. The van der Waals surface area contributed by atoms with Crippen LogP contribution in [-0.2, 0) is 11.2 Å². The molecule has 1 aliphatic rings. The molecule has 2 atom stereocenters. The van der Waals surface area contributed by atoms with Gasteiger partial charge in [0, 0.05) is 23.1 Å². The van der Waals surface area contributed by atoms with Crippen LogP contribution in [0.5, 0.6) is 5.75 Å². The predicted octanol–water partition coefficient (Wildman–Crippen LogP) is 1.18. The predicted molar refractivity (Wildman–Crippen MR) is 70.1 cm³/mol. The van der Waals surface area contributed by atoms with Crippen molar-refractivity contribution in [1.82, 2.24) is 5.32 Å². The molecule has 2 unspecified atom stereocenters. The van der Waals surface area contributed by atoms with Crippen LogP contribution in [-0.4, -0.2) is 23.1 Å². The highest BCUT2D eigenvalue weighted by Gasteiger charge is 2.46. The van der Waals surface area contributed by atoms with Crippen molar-refractivity contribution in [1.29, 1.82) is 0 Å². The summed E-state index contributed by atoms with van der Waals surface area (Å²) in [5.41, 5.74) is 6.51. The lowest BCUT2D eigenvalue weighted by Crippen LogP contribution is -2.64. The first-order chi connectivity index (χ1) is 8.41. The van der Waals surface area contributed by atoms with Crippen molar-refractivity contribution in [2.45, 2.75) is 38.8 Å². The molecule has 0 aromatic heterocycles. The molecule has 0 aliphatic heterocycles. The maximum atomic E-state index is 11.9. The Labute approximate surface area is 107 Å². The van der Waals surface area contributed by atoms with Crippen molar-refractivity contribution in [3.63, 3.8) is 0 Å². The van der Waals surface area contributed by atoms with E-state index in [4.69, 9.17) is 5.73 Å². The van der Waals surface area contributed by atoms with Crippen molar-refractivity contribution in [3.05, 3.63) is 29.8 Å². The standard InChI is InChI=1S/C14H20N2O2/c1-14(2)11(15)8-12(14)16-13(18)7-9-5-3-4-6-10(9)17/h3-6,11-12,17H,7-8,15H2,1-2H3,(H,16,18). The number of carbonyl (C=O) groups is 1. The Morgan fingerprint density at radius 3 is 2.72 bits per heavy atom. The second kappa shape index (κ2) is 4.61. The number of hydrogen-bond donors (Lipinski definition) is 3. The second-order valence-corrected chi connectivity index (χ2v) is 5.59. The number of rotatable bonds is 3. The van der Waals surface area contributed by atoms with Gasteiger partial charge in [-0.15, -0.1) is 0 Å². The van der Waals surface area contributed by atoms with E-state index in [1.54, 1.807) is 18.2 Å². The SMILES string of the molecule is CC1(C)C(N)CC1NC(=O)Cc1ccccc1O. The largest absolute Gasteiger partial charge is 0.508 e. The van der Waals surface area contributed by atoms with Gasteiger partial charge in [-0.25, -0.2) is 0 Å². The third-order valence-electron chi connectivity index (χ3n) is 4.02. The number of hydrogen-bond acceptors (Lipinski definition) is 3. The number of nitrogens with one attached hydrogen (secondary N) is 1. The highest BCUT2D eigenvalue weighted by molar-refractivity contribution is 5.79. The molecule has 0 bridgehead atoms. The van der Waals surface area contributed by atoms with Gasteiger partial charge in [-0.3, -0.25) is 4.79 Å². The average Bonchev–Trinajstić information content (AvgIpc) is 2.32. The van der Waals surface area contributed by atoms with E-state index in [0.29, 0.717) is 5.56 Å². The van der Waals surface area contributed by atoms with E-state index >= 15 is 0 Å². The zero-order valence-electron chi connectivity index (χ0n) is 10.8. The minimum atomic E-state index is -0.0681. The summed E-state index contributed by atoms with van der Waals surface area (Å²) in [6.07, 6.45) is 1.02. The van der Waals surface area contributed by atoms with Gasteiger partial charge in [0.1, 0.15) is 5.75 Å². The van der Waals surface area contributed by atoms with Crippen LogP contribution in [0.4, 0.5) is 0 Å². The van der Waals surface area contributed by atoms with Crippen LogP contribution in [0.25, 0.3) is 0 Å². The Morgan fingerprint density at radius 2 is 2.17 bits per heavy atom. The smallest absolute Gasteiger partial charge is 0.224 e. The van der Waals surface area contributed by atoms with E-state index in [0.717, 1.165) is 6.42 Å². The van der Waals surface area contributed by atoms with Crippen LogP contribution < -0.4 is 11.1 Å². The summed E-state index contributed by atoms with van der Waals surface area (Å²) in [7, 11) is 0. The van der Waals surface area contributed by atoms with Crippen LogP contribution >= 0.6 is 0 Å². The maximum absolute atomic E-state index is 11.9. The molecule has 1 amide bonds. The molecule has 1 aromatic carbocycles. The molecule has 0 spiro atoms. The first kappa shape index (κ1) is 12.9. The Bertz CT molecular complexity index is 457. The summed E-state index contributed by atoms with van der Waals surface area (Å²) in [4.78, 5) is 11.9. The van der Waals surface area contributed by atoms with Crippen LogP contribution in [0.15, 0.2) is 24.3 Å². The van der Waals surface area contributed by atoms with E-state index < -0.39 is 0 Å². The van der Waals surface area contributed by atoms with Crippen LogP contribution in [0.1, 0.15) is 25.8 Å². The number of phenols is 1. The Morgan fingerprint density at radius 1 is 1.50 bits per heavy atom. The van der Waals surface area contributed by atoms with Gasteiger partial charge >= 0.3 is 0 Å². The van der Waals surface area contributed by atoms with Gasteiger partial charge in [-0.05, 0) is 12.5 Å². The number of carbonyl (C=O) groups excluding carboxylic acids is 1. The lowest BCUT2D eigenvalue weighted by Gasteiger charge is -2.50. The molecule has 1 fully saturated rings. The van der Waals surface area contributed by atoms with Crippen LogP contribution in [0, 0.1) is 5.41 Å². The van der Waals surface area contributed by atoms with Gasteiger partial charge in [0.15, 0.2) is 0 Å². The molecule has 1 aliphatic carbocycles. The summed E-state index contributed by atoms with van der Waals surface area (Å²) in [5, 5.41) is 12.6. The third kappa shape index (κ3) is 2.34. The normalized spacial score (nSPS) is 25.3. The molecular formula is C14H20N2O2. The minimum Gasteiger partial charge on any atom is -0.508 e. The zero-order chi connectivity index (χ0) is 13.3. The van der Waals surface area contributed by atoms with Crippen molar-refractivity contribution >= 4 is 5.91 Å². The first-order valence-corrected chi connectivity index (χ1v) is 6.23. The molecule has 0 radical (unpaired) electrons. The van der Waals surface area contributed by atoms with Crippen LogP contribution in [0.2, 0.25) is 0 Å². The van der Waals surface area contributed by atoms with E-state index in [-0.39, 0.29) is 35.6 Å². The van der Waals surface area contributed by atoms with Crippen molar-refractivity contribution in [2.75, 3.05) is 0 Å². The minimum absolute atomic E-state index is 0.0472. The summed E-state index contributed by atoms with van der Waals surface area (Å²) >= 11 is 0. The first-order valence-electron chi connectivity index (χ1n) is 6.23. The quantitative estimate of drug-likeness (QED) is 0.751. The molecule has 2 rings (SSSR count). The number of phenolic OH excluding ortho intramolecular Hbond substituents is 1. The topological polar surface area (TPSA) is 75.3 Å². The lowest BCUT2D eigenvalue weighted by molar-refractivity contribution is -0.123. The van der Waals surface area contributed by atoms with Crippen LogP contribution in [0.3, 0.4) is 0 Å². The molecule has 4 heteroatoms. The third-order valence-corrected chi connectivity index (χ3v) is 4.02. The van der Waals surface area contributed by atoms with Crippen molar-refractivity contribution < 1.29 is 9.90 Å². The van der Waals surface area contributed by atoms with E-state index in [1.165, 1.54) is 0 Å². The van der Waals surface area contributed by atoms with Gasteiger partial charge in [0.25, 0.3) is 0 Å². The molecule has 4 N–H and O–H groups in total. The Balaban J connectivity index is 1.93. The lowest BCUT2D eigenvalue weighted by atomic mass is 9.63. The molecule has 98 valence electrons. The number of nitrogens with two attached hydrogens (primary N) is 1. The number of amides is 1. The van der Waals surface area contributed by atoms with E-state index in [9.17, 15) is 9.90 Å². The van der Waals surface area contributed by atoms with Crippen molar-refractivity contribution in [3.8, 4) is 5.75 Å². The molecule has 0 saturated heterocycles. The van der Waals surface area contributed by atoms with Crippen molar-refractivity contribution in [2.24, 2.45) is 11.1 Å². The van der Waals surface area contributed by atoms with Gasteiger partial charge in [0.05, 0.1) is 6.42 Å². The van der Waals surface area contributed by atoms with Gasteiger partial charge in [0.2, 0.25) is 5.91 Å². The highest BCUT2D eigenvalue weighted by atomic mass is 16.3. The number of aromatic hydroxyl groups is 1. The van der Waals surface area contributed by atoms with E-state index in [1.807, 2.05) is 6.07 Å². The second-order valence-electron chi connectivity index (χ2n) is 5.59. The number of benzene rings is 1. The monoisotopic (exact) mass is 248 g/mol. The summed E-state index contributed by atoms with van der Waals surface area (Å²) < 4.78 is 0. The fourth-order valence-electron chi connectivity index (χ4n) is 2.28. The molecule has 18 heavy (non-hydrogen) atoms. The summed E-state index contributed by atoms with van der Waals surface area (Å²) in [6, 6.07) is 7.17. The summed E-state index contributed by atoms with van der Waals surface area (Å²) in [5.74, 6) is 0.0960. The molecule has 4 nitrogen and oxygen atoms in total. The summed E-state index contributed by atoms with van der Waals surface area (Å²) in [6.45, 7) is 4.12. The molecular weight excluding hydrogens is 228 g/mol. The maximum Gasteiger partial charge on any atom is 0.224 e. The van der Waals surface area contributed by atoms with E-state index in [2.05, 4.69) is 19.2 Å². The van der Waals surface area contributed by atoms with Gasteiger partial charge < -0.3 is 16.2 Å². The van der Waals surface area contributed by atoms with Gasteiger partial charge in [-0.1, -0.05) is 32.0 Å². The molecule has 1 aromatic rings. The highest BCUT2D eigenvalue weighted by Crippen LogP contribution is 2.39. The molecule has 1 saturated carbocycles. The fourth-order valence-corrected chi connectivity index (χ4v) is 2.28. The molecule has 0 heterocycles. The zero-order valence-corrected chi connectivity index (χ0v) is 10.8. The van der Waals surface area contributed by atoms with Gasteiger partial charge in [-0.2, -0.15) is 0 Å². The Hall–Kier alpha value is -1.55. The Kier molecular flexibility index (Phi) is 3.30.